The van der Waals surface area contributed by atoms with Gasteiger partial charge in [-0.25, -0.2) is 4.79 Å². The van der Waals surface area contributed by atoms with Gasteiger partial charge in [0.15, 0.2) is 6.61 Å². The molecule has 1 N–H and O–H groups in total. The average Bonchev–Trinajstić information content (AvgIpc) is 3.53. The van der Waals surface area contributed by atoms with E-state index in [1.54, 1.807) is 18.2 Å². The molecular formula is C29H40O7S. The Morgan fingerprint density at radius 2 is 1.89 bits per heavy atom. The molecule has 0 spiro atoms. The monoisotopic (exact) mass is 532 g/mol. The lowest BCUT2D eigenvalue weighted by Crippen LogP contribution is -2.63. The number of aliphatic hydroxyl groups is 1. The molecule has 0 aromatic heterocycles. The molecule has 1 heterocycles. The maximum atomic E-state index is 13.1. The molecule has 2 bridgehead atoms. The number of hydrogen-bond acceptors (Lipinski definition) is 7. The Morgan fingerprint density at radius 1 is 1.22 bits per heavy atom. The Labute approximate surface area is 220 Å². The van der Waals surface area contributed by atoms with Crippen LogP contribution in [-0.4, -0.2) is 50.5 Å². The first-order valence-electron chi connectivity index (χ1n) is 13.4. The van der Waals surface area contributed by atoms with Gasteiger partial charge >= 0.3 is 5.97 Å². The molecule has 0 amide bonds. The van der Waals surface area contributed by atoms with E-state index in [1.807, 2.05) is 13.8 Å². The minimum atomic E-state index is -4.11. The van der Waals surface area contributed by atoms with E-state index in [1.165, 1.54) is 12.1 Å². The molecule has 37 heavy (non-hydrogen) atoms. The molecule has 3 saturated carbocycles. The Balaban J connectivity index is 1.44. The van der Waals surface area contributed by atoms with Crippen molar-refractivity contribution in [2.45, 2.75) is 89.6 Å². The van der Waals surface area contributed by atoms with Crippen LogP contribution in [0.2, 0.25) is 0 Å². The van der Waals surface area contributed by atoms with Crippen molar-refractivity contribution >= 4 is 16.1 Å². The molecule has 10 atom stereocenters. The van der Waals surface area contributed by atoms with Crippen molar-refractivity contribution in [2.75, 3.05) is 6.61 Å². The largest absolute Gasteiger partial charge is 0.460 e. The van der Waals surface area contributed by atoms with Crippen molar-refractivity contribution in [1.82, 2.24) is 0 Å². The molecule has 1 aromatic rings. The Hall–Kier alpha value is -1.74. The quantitative estimate of drug-likeness (QED) is 0.250. The lowest BCUT2D eigenvalue weighted by Gasteiger charge is -2.63. The maximum absolute atomic E-state index is 13.1. The molecule has 3 aliphatic carbocycles. The Kier molecular flexibility index (Phi) is 6.46. The normalized spacial score (nSPS) is 44.6. The fraction of sp³-hybridized carbons (Fsp3) is 0.690. The van der Waals surface area contributed by atoms with E-state index < -0.39 is 45.7 Å². The fourth-order valence-corrected chi connectivity index (χ4v) is 8.94. The summed E-state index contributed by atoms with van der Waals surface area (Å²) in [5, 5.41) is 11.7. The van der Waals surface area contributed by atoms with Crippen LogP contribution in [0, 0.1) is 40.9 Å². The van der Waals surface area contributed by atoms with Crippen LogP contribution < -0.4 is 0 Å². The van der Waals surface area contributed by atoms with Crippen LogP contribution in [0.4, 0.5) is 0 Å². The van der Waals surface area contributed by atoms with Crippen LogP contribution in [-0.2, 0) is 28.6 Å². The summed E-state index contributed by atoms with van der Waals surface area (Å²) in [6.07, 6.45) is 4.17. The lowest BCUT2D eigenvalue weighted by molar-refractivity contribution is -0.218. The van der Waals surface area contributed by atoms with Gasteiger partial charge in [0.05, 0.1) is 23.2 Å². The predicted molar refractivity (Wildman–Crippen MR) is 138 cm³/mol. The van der Waals surface area contributed by atoms with Gasteiger partial charge in [0.2, 0.25) is 0 Å². The predicted octanol–water partition coefficient (Wildman–Crippen LogP) is 4.42. The molecular weight excluding hydrogens is 492 g/mol. The number of carbonyl (C=O) groups is 1. The first-order valence-corrected chi connectivity index (χ1v) is 14.8. The van der Waals surface area contributed by atoms with E-state index in [-0.39, 0.29) is 40.3 Å². The highest BCUT2D eigenvalue weighted by atomic mass is 32.2. The zero-order valence-electron chi connectivity index (χ0n) is 22.5. The third-order valence-corrected chi connectivity index (χ3v) is 12.0. The van der Waals surface area contributed by atoms with Crippen LogP contribution in [0.15, 0.2) is 41.8 Å². The number of ether oxygens (including phenoxy) is 2. The zero-order chi connectivity index (χ0) is 27.0. The molecule has 4 aliphatic rings. The molecule has 4 fully saturated rings. The molecule has 204 valence electrons. The third-order valence-electron chi connectivity index (χ3n) is 10.7. The van der Waals surface area contributed by atoms with Gasteiger partial charge in [0.1, 0.15) is 6.10 Å². The summed E-state index contributed by atoms with van der Waals surface area (Å²) in [6, 6.07) is 6.27. The SMILES string of the molecule is C=C[C@]1(C)C[C@@H](OC(=O)COS(=O)(=O)c2ccc(C)cc2)[C@]2(C)[C@H](C)CC[C@]3(CC4OC4[C@H]32)[C@@H](C)[C@@H]1O. The summed E-state index contributed by atoms with van der Waals surface area (Å²) >= 11 is 0. The summed E-state index contributed by atoms with van der Waals surface area (Å²) < 4.78 is 42.7. The Bertz CT molecular complexity index is 1180. The summed E-state index contributed by atoms with van der Waals surface area (Å²) in [5.74, 6) is -0.294. The topological polar surface area (TPSA) is 102 Å². The van der Waals surface area contributed by atoms with Crippen molar-refractivity contribution in [3.05, 3.63) is 42.5 Å². The second-order valence-corrected chi connectivity index (χ2v) is 14.1. The van der Waals surface area contributed by atoms with Gasteiger partial charge in [-0.3, -0.25) is 4.18 Å². The van der Waals surface area contributed by atoms with E-state index in [9.17, 15) is 18.3 Å². The molecule has 7 nitrogen and oxygen atoms in total. The van der Waals surface area contributed by atoms with Gasteiger partial charge < -0.3 is 14.6 Å². The van der Waals surface area contributed by atoms with Crippen LogP contribution in [0.3, 0.4) is 0 Å². The number of aliphatic hydroxyl groups excluding tert-OH is 1. The minimum Gasteiger partial charge on any atom is -0.460 e. The number of esters is 1. The molecule has 5 rings (SSSR count). The fourth-order valence-electron chi connectivity index (χ4n) is 8.08. The molecule has 2 unspecified atom stereocenters. The molecule has 8 heteroatoms. The van der Waals surface area contributed by atoms with Crippen LogP contribution in [0.1, 0.15) is 58.9 Å². The molecule has 1 aromatic carbocycles. The number of fused-ring (bicyclic) bond motifs is 1. The maximum Gasteiger partial charge on any atom is 0.333 e. The van der Waals surface area contributed by atoms with Gasteiger partial charge in [-0.05, 0) is 62.0 Å². The summed E-state index contributed by atoms with van der Waals surface area (Å²) in [6.45, 7) is 13.8. The van der Waals surface area contributed by atoms with E-state index in [4.69, 9.17) is 13.7 Å². The van der Waals surface area contributed by atoms with Crippen LogP contribution in [0.25, 0.3) is 0 Å². The van der Waals surface area contributed by atoms with Gasteiger partial charge in [-0.15, -0.1) is 6.58 Å². The van der Waals surface area contributed by atoms with Crippen LogP contribution >= 0.6 is 0 Å². The number of epoxide rings is 1. The molecule has 1 aliphatic heterocycles. The summed E-state index contributed by atoms with van der Waals surface area (Å²) in [5.41, 5.74) is -0.264. The van der Waals surface area contributed by atoms with Crippen molar-refractivity contribution in [2.24, 2.45) is 34.0 Å². The smallest absolute Gasteiger partial charge is 0.333 e. The molecule has 1 saturated heterocycles. The third kappa shape index (κ3) is 4.10. The van der Waals surface area contributed by atoms with Crippen molar-refractivity contribution < 1.29 is 32.0 Å². The van der Waals surface area contributed by atoms with Crippen molar-refractivity contribution in [3.63, 3.8) is 0 Å². The van der Waals surface area contributed by atoms with E-state index in [2.05, 4.69) is 27.4 Å². The highest BCUT2D eigenvalue weighted by Gasteiger charge is 2.74. The first kappa shape index (κ1) is 26.9. The Morgan fingerprint density at radius 3 is 2.54 bits per heavy atom. The second kappa shape index (κ2) is 8.90. The van der Waals surface area contributed by atoms with E-state index in [0.717, 1.165) is 24.8 Å². The number of rotatable bonds is 6. The van der Waals surface area contributed by atoms with Crippen molar-refractivity contribution in [3.8, 4) is 0 Å². The minimum absolute atomic E-state index is 0.00581. The first-order chi connectivity index (χ1) is 17.3. The number of hydrogen-bond donors (Lipinski definition) is 1. The average molecular weight is 533 g/mol. The number of benzene rings is 1. The van der Waals surface area contributed by atoms with E-state index >= 15 is 0 Å². The number of aryl methyl sites for hydroxylation is 1. The van der Waals surface area contributed by atoms with Crippen LogP contribution in [0.5, 0.6) is 0 Å². The van der Waals surface area contributed by atoms with Gasteiger partial charge in [-0.2, -0.15) is 8.42 Å². The molecule has 0 radical (unpaired) electrons. The van der Waals surface area contributed by atoms with Gasteiger partial charge in [0.25, 0.3) is 10.1 Å². The van der Waals surface area contributed by atoms with E-state index in [0.29, 0.717) is 6.42 Å². The zero-order valence-corrected chi connectivity index (χ0v) is 23.3. The standard InChI is InChI=1S/C29H40O7S/c1-7-27(5)15-22(36-23(30)16-34-37(32,33)20-10-8-17(2)9-11-20)28(6)18(3)12-13-29(19(4)26(27)31)14-21-24(35-21)25(28)29/h7-11,18-19,21-22,24-26,31H,1,12-16H2,2-6H3/t18-,19+,21?,22-,24?,25+,26+,27-,28+,29+/m1/s1. The van der Waals surface area contributed by atoms with Gasteiger partial charge in [0, 0.05) is 16.7 Å². The lowest BCUT2D eigenvalue weighted by atomic mass is 9.43. The van der Waals surface area contributed by atoms with Crippen molar-refractivity contribution in [1.29, 1.82) is 0 Å². The number of carbonyl (C=O) groups excluding carboxylic acids is 1. The summed E-state index contributed by atoms with van der Waals surface area (Å²) in [4.78, 5) is 13.1. The second-order valence-electron chi connectivity index (χ2n) is 12.5. The highest BCUT2D eigenvalue weighted by Crippen LogP contribution is 2.73. The highest BCUT2D eigenvalue weighted by molar-refractivity contribution is 7.86. The summed E-state index contributed by atoms with van der Waals surface area (Å²) in [7, 11) is -4.11. The van der Waals surface area contributed by atoms with Gasteiger partial charge in [-0.1, -0.05) is 51.5 Å².